The van der Waals surface area contributed by atoms with Crippen molar-refractivity contribution in [2.24, 2.45) is 0 Å². The lowest BCUT2D eigenvalue weighted by atomic mass is 10.1. The molecule has 2 rings (SSSR count). The van der Waals surface area contributed by atoms with E-state index in [1.165, 1.54) is 11.0 Å². The summed E-state index contributed by atoms with van der Waals surface area (Å²) in [5, 5.41) is 9.24. The van der Waals surface area contributed by atoms with E-state index in [1.54, 1.807) is 24.5 Å². The van der Waals surface area contributed by atoms with Gasteiger partial charge in [0, 0.05) is 25.0 Å². The molecule has 1 atom stereocenters. The molecule has 2 heterocycles. The molecular formula is C15H18N2O3. The Morgan fingerprint density at radius 1 is 1.35 bits per heavy atom. The Morgan fingerprint density at radius 2 is 2.20 bits per heavy atom. The van der Waals surface area contributed by atoms with Crippen LogP contribution in [0.3, 0.4) is 0 Å². The Kier molecular flexibility index (Phi) is 4.87. The molecule has 0 saturated carbocycles. The Labute approximate surface area is 117 Å². The van der Waals surface area contributed by atoms with Crippen LogP contribution in [0.4, 0.5) is 0 Å². The summed E-state index contributed by atoms with van der Waals surface area (Å²) < 4.78 is 0. The van der Waals surface area contributed by atoms with Gasteiger partial charge >= 0.3 is 5.97 Å². The van der Waals surface area contributed by atoms with E-state index in [-0.39, 0.29) is 5.91 Å². The molecule has 1 aliphatic heterocycles. The van der Waals surface area contributed by atoms with E-state index < -0.39 is 12.0 Å². The molecule has 106 valence electrons. The van der Waals surface area contributed by atoms with Gasteiger partial charge in [0.25, 0.3) is 0 Å². The zero-order valence-corrected chi connectivity index (χ0v) is 11.2. The molecular weight excluding hydrogens is 256 g/mol. The van der Waals surface area contributed by atoms with Gasteiger partial charge in [-0.15, -0.1) is 0 Å². The third-order valence-electron chi connectivity index (χ3n) is 3.42. The van der Waals surface area contributed by atoms with Crippen LogP contribution in [0.2, 0.25) is 0 Å². The number of amides is 1. The lowest BCUT2D eigenvalue weighted by Crippen LogP contribution is -2.43. The normalized spacial score (nSPS) is 19.8. The van der Waals surface area contributed by atoms with Gasteiger partial charge in [0.05, 0.1) is 0 Å². The molecule has 1 fully saturated rings. The molecule has 1 saturated heterocycles. The van der Waals surface area contributed by atoms with Gasteiger partial charge in [0.2, 0.25) is 5.91 Å². The summed E-state index contributed by atoms with van der Waals surface area (Å²) in [6.45, 7) is 0.507. The number of carboxylic acid groups (broad SMARTS) is 1. The molecule has 1 aliphatic rings. The maximum absolute atomic E-state index is 12.2. The first-order chi connectivity index (χ1) is 9.68. The second kappa shape index (κ2) is 6.84. The minimum Gasteiger partial charge on any atom is -0.480 e. The van der Waals surface area contributed by atoms with Crippen LogP contribution in [0, 0.1) is 0 Å². The van der Waals surface area contributed by atoms with Crippen LogP contribution >= 0.6 is 0 Å². The molecule has 1 unspecified atom stereocenters. The number of carbonyl (C=O) groups is 2. The summed E-state index contributed by atoms with van der Waals surface area (Å²) in [6, 6.07) is 2.92. The van der Waals surface area contributed by atoms with Crippen molar-refractivity contribution in [3.63, 3.8) is 0 Å². The zero-order valence-electron chi connectivity index (χ0n) is 11.2. The van der Waals surface area contributed by atoms with E-state index in [1.807, 2.05) is 6.07 Å². The molecule has 1 N–H and O–H groups in total. The van der Waals surface area contributed by atoms with Crippen molar-refractivity contribution in [1.82, 2.24) is 9.88 Å². The number of hydrogen-bond acceptors (Lipinski definition) is 3. The lowest BCUT2D eigenvalue weighted by Gasteiger charge is -2.25. The van der Waals surface area contributed by atoms with E-state index in [0.29, 0.717) is 13.0 Å². The average Bonchev–Trinajstić information content (AvgIpc) is 2.71. The van der Waals surface area contributed by atoms with Gasteiger partial charge in [-0.05, 0) is 30.5 Å². The van der Waals surface area contributed by atoms with Crippen molar-refractivity contribution in [3.8, 4) is 0 Å². The minimum absolute atomic E-state index is 0.247. The standard InChI is InChI=1S/C15H18N2O3/c18-14(8-7-12-5-4-9-16-11-12)17-10-3-1-2-6-13(17)15(19)20/h4-5,7-9,11,13H,1-3,6,10H2,(H,19,20). The number of carbonyl (C=O) groups excluding carboxylic acids is 1. The first kappa shape index (κ1) is 14.2. The number of likely N-dealkylation sites (tertiary alicyclic amines) is 1. The third kappa shape index (κ3) is 3.66. The predicted molar refractivity (Wildman–Crippen MR) is 74.9 cm³/mol. The first-order valence-electron chi connectivity index (χ1n) is 6.80. The Morgan fingerprint density at radius 3 is 2.90 bits per heavy atom. The third-order valence-corrected chi connectivity index (χ3v) is 3.42. The number of nitrogens with zero attached hydrogens (tertiary/aromatic N) is 2. The summed E-state index contributed by atoms with van der Waals surface area (Å²) in [5.74, 6) is -1.17. The van der Waals surface area contributed by atoms with Crippen molar-refractivity contribution in [1.29, 1.82) is 0 Å². The van der Waals surface area contributed by atoms with Gasteiger partial charge in [-0.1, -0.05) is 18.9 Å². The van der Waals surface area contributed by atoms with Crippen LogP contribution in [-0.4, -0.2) is 39.5 Å². The van der Waals surface area contributed by atoms with Crippen LogP contribution in [-0.2, 0) is 9.59 Å². The smallest absolute Gasteiger partial charge is 0.326 e. The van der Waals surface area contributed by atoms with Crippen molar-refractivity contribution in [3.05, 3.63) is 36.2 Å². The topological polar surface area (TPSA) is 70.5 Å². The lowest BCUT2D eigenvalue weighted by molar-refractivity contribution is -0.148. The van der Waals surface area contributed by atoms with Crippen LogP contribution in [0.15, 0.2) is 30.6 Å². The summed E-state index contributed by atoms with van der Waals surface area (Å²) in [5.41, 5.74) is 0.822. The quantitative estimate of drug-likeness (QED) is 0.855. The molecule has 0 aliphatic carbocycles. The molecule has 0 bridgehead atoms. The molecule has 0 spiro atoms. The maximum atomic E-state index is 12.2. The molecule has 5 heteroatoms. The van der Waals surface area contributed by atoms with E-state index in [4.69, 9.17) is 0 Å². The van der Waals surface area contributed by atoms with Gasteiger partial charge in [-0.2, -0.15) is 0 Å². The highest BCUT2D eigenvalue weighted by Gasteiger charge is 2.29. The summed E-state index contributed by atoms with van der Waals surface area (Å²) in [7, 11) is 0. The van der Waals surface area contributed by atoms with E-state index >= 15 is 0 Å². The van der Waals surface area contributed by atoms with Gasteiger partial charge < -0.3 is 10.0 Å². The fourth-order valence-electron chi connectivity index (χ4n) is 2.37. The molecule has 0 aromatic carbocycles. The Bertz CT molecular complexity index is 499. The number of hydrogen-bond donors (Lipinski definition) is 1. The maximum Gasteiger partial charge on any atom is 0.326 e. The SMILES string of the molecule is O=C(O)C1CCCCCN1C(=O)C=Cc1cccnc1. The highest BCUT2D eigenvalue weighted by molar-refractivity contribution is 5.94. The first-order valence-corrected chi connectivity index (χ1v) is 6.80. The van der Waals surface area contributed by atoms with E-state index in [9.17, 15) is 14.7 Å². The van der Waals surface area contributed by atoms with Crippen molar-refractivity contribution in [2.75, 3.05) is 6.54 Å². The molecule has 1 amide bonds. The second-order valence-corrected chi connectivity index (χ2v) is 4.85. The molecule has 5 nitrogen and oxygen atoms in total. The summed E-state index contributed by atoms with van der Waals surface area (Å²) >= 11 is 0. The van der Waals surface area contributed by atoms with Gasteiger partial charge in [-0.3, -0.25) is 9.78 Å². The van der Waals surface area contributed by atoms with E-state index in [0.717, 1.165) is 24.8 Å². The Balaban J connectivity index is 2.09. The largest absolute Gasteiger partial charge is 0.480 e. The minimum atomic E-state index is -0.921. The number of pyridine rings is 1. The van der Waals surface area contributed by atoms with Crippen LogP contribution in [0.5, 0.6) is 0 Å². The highest BCUT2D eigenvalue weighted by atomic mass is 16.4. The van der Waals surface area contributed by atoms with Gasteiger partial charge in [0.1, 0.15) is 6.04 Å². The zero-order chi connectivity index (χ0) is 14.4. The molecule has 0 radical (unpaired) electrons. The molecule has 20 heavy (non-hydrogen) atoms. The second-order valence-electron chi connectivity index (χ2n) is 4.85. The summed E-state index contributed by atoms with van der Waals surface area (Å²) in [4.78, 5) is 28.9. The number of rotatable bonds is 3. The number of aromatic nitrogens is 1. The van der Waals surface area contributed by atoms with Crippen molar-refractivity contribution < 1.29 is 14.7 Å². The monoisotopic (exact) mass is 274 g/mol. The average molecular weight is 274 g/mol. The van der Waals surface area contributed by atoms with Crippen LogP contribution in [0.25, 0.3) is 6.08 Å². The fraction of sp³-hybridized carbons (Fsp3) is 0.400. The van der Waals surface area contributed by atoms with Crippen molar-refractivity contribution >= 4 is 18.0 Å². The van der Waals surface area contributed by atoms with Crippen LogP contribution < -0.4 is 0 Å². The predicted octanol–water partition coefficient (Wildman–Crippen LogP) is 1.95. The Hall–Kier alpha value is -2.17. The number of carboxylic acids is 1. The molecule has 1 aromatic heterocycles. The molecule has 1 aromatic rings. The fourth-order valence-corrected chi connectivity index (χ4v) is 2.37. The van der Waals surface area contributed by atoms with E-state index in [2.05, 4.69) is 4.98 Å². The van der Waals surface area contributed by atoms with Crippen LogP contribution in [0.1, 0.15) is 31.2 Å². The van der Waals surface area contributed by atoms with Gasteiger partial charge in [0.15, 0.2) is 0 Å². The van der Waals surface area contributed by atoms with Crippen molar-refractivity contribution in [2.45, 2.75) is 31.7 Å². The highest BCUT2D eigenvalue weighted by Crippen LogP contribution is 2.17. The summed E-state index contributed by atoms with van der Waals surface area (Å²) in [6.07, 6.45) is 9.62. The number of aliphatic carboxylic acids is 1. The van der Waals surface area contributed by atoms with Gasteiger partial charge in [-0.25, -0.2) is 4.79 Å².